The van der Waals surface area contributed by atoms with E-state index in [0.717, 1.165) is 30.0 Å². The number of amides is 2. The SMILES string of the molecule is COc1cccc(CCC(=O)N2CCN(CC(=O)NCc3ccccc3)CC2)c1. The first-order valence-corrected chi connectivity index (χ1v) is 10.1. The van der Waals surface area contributed by atoms with Gasteiger partial charge in [-0.2, -0.15) is 0 Å². The molecule has 2 aromatic carbocycles. The van der Waals surface area contributed by atoms with E-state index >= 15 is 0 Å². The normalized spacial score (nSPS) is 14.4. The molecular weight excluding hydrogens is 366 g/mol. The molecule has 0 aromatic heterocycles. The van der Waals surface area contributed by atoms with Crippen LogP contribution in [0.4, 0.5) is 0 Å². The van der Waals surface area contributed by atoms with E-state index < -0.39 is 0 Å². The molecule has 154 valence electrons. The first kappa shape index (κ1) is 20.9. The van der Waals surface area contributed by atoms with Crippen molar-refractivity contribution in [2.45, 2.75) is 19.4 Å². The molecule has 0 radical (unpaired) electrons. The fraction of sp³-hybridized carbons (Fsp3) is 0.391. The van der Waals surface area contributed by atoms with Crippen LogP contribution in [-0.4, -0.2) is 61.4 Å². The molecule has 2 aromatic rings. The average Bonchev–Trinajstić information content (AvgIpc) is 2.77. The Labute approximate surface area is 172 Å². The summed E-state index contributed by atoms with van der Waals surface area (Å²) in [7, 11) is 1.64. The molecular formula is C23H29N3O3. The number of benzene rings is 2. The summed E-state index contributed by atoms with van der Waals surface area (Å²) < 4.78 is 5.23. The summed E-state index contributed by atoms with van der Waals surface area (Å²) in [6.45, 7) is 3.71. The molecule has 1 aliphatic rings. The number of hydrogen-bond donors (Lipinski definition) is 1. The first-order valence-electron chi connectivity index (χ1n) is 10.1. The Morgan fingerprint density at radius 1 is 0.966 bits per heavy atom. The second-order valence-electron chi connectivity index (χ2n) is 7.27. The molecule has 0 saturated carbocycles. The Bertz CT molecular complexity index is 802. The van der Waals surface area contributed by atoms with Gasteiger partial charge in [0.05, 0.1) is 13.7 Å². The number of piperazine rings is 1. The van der Waals surface area contributed by atoms with Gasteiger partial charge in [0, 0.05) is 39.1 Å². The Kier molecular flexibility index (Phi) is 7.64. The lowest BCUT2D eigenvalue weighted by molar-refractivity contribution is -0.133. The highest BCUT2D eigenvalue weighted by Gasteiger charge is 2.22. The molecule has 1 saturated heterocycles. The zero-order valence-electron chi connectivity index (χ0n) is 17.0. The number of nitrogens with zero attached hydrogens (tertiary/aromatic N) is 2. The summed E-state index contributed by atoms with van der Waals surface area (Å²) in [5.41, 5.74) is 2.19. The molecule has 0 bridgehead atoms. The molecule has 0 spiro atoms. The highest BCUT2D eigenvalue weighted by atomic mass is 16.5. The van der Waals surface area contributed by atoms with Crippen molar-refractivity contribution in [1.82, 2.24) is 15.1 Å². The lowest BCUT2D eigenvalue weighted by Gasteiger charge is -2.34. The van der Waals surface area contributed by atoms with Crippen molar-refractivity contribution in [2.75, 3.05) is 39.8 Å². The largest absolute Gasteiger partial charge is 0.497 e. The maximum absolute atomic E-state index is 12.5. The minimum atomic E-state index is 0.0201. The third kappa shape index (κ3) is 6.61. The zero-order chi connectivity index (χ0) is 20.5. The lowest BCUT2D eigenvalue weighted by Crippen LogP contribution is -2.51. The minimum absolute atomic E-state index is 0.0201. The molecule has 0 aliphatic carbocycles. The van der Waals surface area contributed by atoms with E-state index in [1.165, 1.54) is 0 Å². The van der Waals surface area contributed by atoms with Crippen molar-refractivity contribution in [1.29, 1.82) is 0 Å². The number of rotatable bonds is 8. The summed E-state index contributed by atoms with van der Waals surface area (Å²) in [6, 6.07) is 17.7. The van der Waals surface area contributed by atoms with Crippen molar-refractivity contribution in [2.24, 2.45) is 0 Å². The third-order valence-corrected chi connectivity index (χ3v) is 5.19. The zero-order valence-corrected chi connectivity index (χ0v) is 17.0. The number of carbonyl (C=O) groups excluding carboxylic acids is 2. The summed E-state index contributed by atoms with van der Waals surface area (Å²) in [5, 5.41) is 2.96. The van der Waals surface area contributed by atoms with Gasteiger partial charge in [0.1, 0.15) is 5.75 Å². The maximum Gasteiger partial charge on any atom is 0.234 e. The smallest absolute Gasteiger partial charge is 0.234 e. The number of methoxy groups -OCH3 is 1. The highest BCUT2D eigenvalue weighted by molar-refractivity contribution is 5.78. The predicted octanol–water partition coefficient (Wildman–Crippen LogP) is 2.09. The van der Waals surface area contributed by atoms with Crippen molar-refractivity contribution >= 4 is 11.8 Å². The molecule has 0 atom stereocenters. The van der Waals surface area contributed by atoms with E-state index in [9.17, 15) is 9.59 Å². The van der Waals surface area contributed by atoms with Gasteiger partial charge in [0.15, 0.2) is 0 Å². The van der Waals surface area contributed by atoms with Crippen LogP contribution < -0.4 is 10.1 Å². The number of ether oxygens (including phenoxy) is 1. The van der Waals surface area contributed by atoms with Gasteiger partial charge in [-0.15, -0.1) is 0 Å². The van der Waals surface area contributed by atoms with Crippen LogP contribution in [0, 0.1) is 0 Å². The van der Waals surface area contributed by atoms with Gasteiger partial charge in [-0.3, -0.25) is 14.5 Å². The highest BCUT2D eigenvalue weighted by Crippen LogP contribution is 2.15. The van der Waals surface area contributed by atoms with E-state index in [0.29, 0.717) is 39.0 Å². The van der Waals surface area contributed by atoms with Gasteiger partial charge in [0.2, 0.25) is 11.8 Å². The van der Waals surface area contributed by atoms with Crippen LogP contribution in [0.2, 0.25) is 0 Å². The molecule has 29 heavy (non-hydrogen) atoms. The quantitative estimate of drug-likeness (QED) is 0.744. The first-order chi connectivity index (χ1) is 14.1. The summed E-state index contributed by atoms with van der Waals surface area (Å²) in [4.78, 5) is 28.7. The third-order valence-electron chi connectivity index (χ3n) is 5.19. The van der Waals surface area contributed by atoms with Gasteiger partial charge in [0.25, 0.3) is 0 Å². The van der Waals surface area contributed by atoms with E-state index in [2.05, 4.69) is 10.2 Å². The Morgan fingerprint density at radius 2 is 1.69 bits per heavy atom. The number of aryl methyl sites for hydroxylation is 1. The van der Waals surface area contributed by atoms with Gasteiger partial charge in [-0.1, -0.05) is 42.5 Å². The molecule has 1 fully saturated rings. The number of nitrogens with one attached hydrogen (secondary N) is 1. The van der Waals surface area contributed by atoms with E-state index in [-0.39, 0.29) is 11.8 Å². The Morgan fingerprint density at radius 3 is 2.41 bits per heavy atom. The minimum Gasteiger partial charge on any atom is -0.497 e. The molecule has 1 N–H and O–H groups in total. The van der Waals surface area contributed by atoms with E-state index in [1.54, 1.807) is 7.11 Å². The summed E-state index contributed by atoms with van der Waals surface area (Å²) in [5.74, 6) is 1.00. The molecule has 1 heterocycles. The summed E-state index contributed by atoms with van der Waals surface area (Å²) in [6.07, 6.45) is 1.20. The molecule has 6 heteroatoms. The van der Waals surface area contributed by atoms with E-state index in [1.807, 2.05) is 59.5 Å². The second-order valence-corrected chi connectivity index (χ2v) is 7.27. The fourth-order valence-electron chi connectivity index (χ4n) is 3.45. The van der Waals surface area contributed by atoms with Crippen molar-refractivity contribution in [3.8, 4) is 5.75 Å². The van der Waals surface area contributed by atoms with Crippen LogP contribution in [0.5, 0.6) is 5.75 Å². The molecule has 6 nitrogen and oxygen atoms in total. The predicted molar refractivity (Wildman–Crippen MR) is 113 cm³/mol. The fourth-order valence-corrected chi connectivity index (χ4v) is 3.45. The van der Waals surface area contributed by atoms with Gasteiger partial charge in [-0.05, 0) is 29.7 Å². The Hall–Kier alpha value is -2.86. The van der Waals surface area contributed by atoms with Crippen LogP contribution in [0.1, 0.15) is 17.5 Å². The molecule has 0 unspecified atom stereocenters. The lowest BCUT2D eigenvalue weighted by atomic mass is 10.1. The monoisotopic (exact) mass is 395 g/mol. The number of hydrogen-bond acceptors (Lipinski definition) is 4. The Balaban J connectivity index is 1.36. The van der Waals surface area contributed by atoms with Gasteiger partial charge >= 0.3 is 0 Å². The molecule has 3 rings (SSSR count). The maximum atomic E-state index is 12.5. The van der Waals surface area contributed by atoms with Crippen molar-refractivity contribution in [3.05, 3.63) is 65.7 Å². The standard InChI is InChI=1S/C23H29N3O3/c1-29-21-9-5-8-19(16-21)10-11-23(28)26-14-12-25(13-15-26)18-22(27)24-17-20-6-3-2-4-7-20/h2-9,16H,10-15,17-18H2,1H3,(H,24,27). The molecule has 1 aliphatic heterocycles. The van der Waals surface area contributed by atoms with Crippen LogP contribution in [0.25, 0.3) is 0 Å². The van der Waals surface area contributed by atoms with Crippen LogP contribution in [-0.2, 0) is 22.6 Å². The number of carbonyl (C=O) groups is 2. The van der Waals surface area contributed by atoms with Gasteiger partial charge in [-0.25, -0.2) is 0 Å². The van der Waals surface area contributed by atoms with Crippen molar-refractivity contribution in [3.63, 3.8) is 0 Å². The average molecular weight is 396 g/mol. The van der Waals surface area contributed by atoms with E-state index in [4.69, 9.17) is 4.74 Å². The topological polar surface area (TPSA) is 61.9 Å². The van der Waals surface area contributed by atoms with Crippen LogP contribution >= 0.6 is 0 Å². The van der Waals surface area contributed by atoms with Crippen molar-refractivity contribution < 1.29 is 14.3 Å². The van der Waals surface area contributed by atoms with Gasteiger partial charge < -0.3 is 15.0 Å². The van der Waals surface area contributed by atoms with Crippen LogP contribution in [0.3, 0.4) is 0 Å². The van der Waals surface area contributed by atoms with Crippen LogP contribution in [0.15, 0.2) is 54.6 Å². The summed E-state index contributed by atoms with van der Waals surface area (Å²) >= 11 is 0. The second kappa shape index (κ2) is 10.6. The molecule has 2 amide bonds.